The third-order valence-corrected chi connectivity index (χ3v) is 5.43. The molecule has 0 spiro atoms. The predicted molar refractivity (Wildman–Crippen MR) is 95.6 cm³/mol. The highest BCUT2D eigenvalue weighted by atomic mass is 32.1. The Balaban J connectivity index is 1.64. The molecule has 27 heavy (non-hydrogen) atoms. The topological polar surface area (TPSA) is 79.2 Å². The van der Waals surface area contributed by atoms with Gasteiger partial charge in [0, 0.05) is 10.9 Å². The molecule has 0 aliphatic heterocycles. The lowest BCUT2D eigenvalue weighted by atomic mass is 10.1. The van der Waals surface area contributed by atoms with Gasteiger partial charge in [-0.05, 0) is 43.4 Å². The van der Waals surface area contributed by atoms with E-state index < -0.39 is 30.1 Å². The lowest BCUT2D eigenvalue weighted by Crippen LogP contribution is -2.21. The van der Waals surface area contributed by atoms with E-state index in [0.29, 0.717) is 16.6 Å². The molecule has 1 aromatic carbocycles. The molecule has 8 heteroatoms. The number of hydrogen-bond acceptors (Lipinski definition) is 5. The standard InChI is InChI=1S/C19H16F2N2O3S/c20-12-6-11(7-13(21)8-12)19(25)26-10-17(24)23-18-15(9-22)14-4-2-1-3-5-16(14)27-18/h6-8H,1-5,10H2,(H,23,24). The van der Waals surface area contributed by atoms with Gasteiger partial charge < -0.3 is 10.1 Å². The number of amides is 1. The molecule has 0 saturated heterocycles. The van der Waals surface area contributed by atoms with Crippen LogP contribution in [0.3, 0.4) is 0 Å². The van der Waals surface area contributed by atoms with Crippen LogP contribution in [0.1, 0.15) is 45.6 Å². The molecule has 0 fully saturated rings. The summed E-state index contributed by atoms with van der Waals surface area (Å²) in [4.78, 5) is 25.0. The second kappa shape index (κ2) is 8.27. The molecule has 1 heterocycles. The van der Waals surface area contributed by atoms with Crippen LogP contribution in [0.25, 0.3) is 0 Å². The third kappa shape index (κ3) is 4.49. The molecule has 0 bridgehead atoms. The lowest BCUT2D eigenvalue weighted by Gasteiger charge is -2.06. The van der Waals surface area contributed by atoms with Gasteiger partial charge in [-0.15, -0.1) is 11.3 Å². The highest BCUT2D eigenvalue weighted by Crippen LogP contribution is 2.36. The molecule has 0 unspecified atom stereocenters. The van der Waals surface area contributed by atoms with Gasteiger partial charge in [-0.25, -0.2) is 13.6 Å². The van der Waals surface area contributed by atoms with Crippen molar-refractivity contribution in [1.82, 2.24) is 0 Å². The van der Waals surface area contributed by atoms with E-state index in [9.17, 15) is 23.6 Å². The van der Waals surface area contributed by atoms with Gasteiger partial charge in [0.05, 0.1) is 11.1 Å². The van der Waals surface area contributed by atoms with Crippen LogP contribution in [0.2, 0.25) is 0 Å². The zero-order chi connectivity index (χ0) is 19.4. The first-order valence-electron chi connectivity index (χ1n) is 8.45. The number of halogens is 2. The second-order valence-electron chi connectivity index (χ2n) is 6.16. The number of nitriles is 1. The average Bonchev–Trinajstić information content (AvgIpc) is 2.78. The van der Waals surface area contributed by atoms with E-state index in [-0.39, 0.29) is 5.56 Å². The van der Waals surface area contributed by atoms with Gasteiger partial charge in [-0.2, -0.15) is 5.26 Å². The van der Waals surface area contributed by atoms with E-state index in [4.69, 9.17) is 4.74 Å². The van der Waals surface area contributed by atoms with Crippen molar-refractivity contribution in [3.05, 3.63) is 51.4 Å². The molecule has 1 aromatic heterocycles. The van der Waals surface area contributed by atoms with Crippen LogP contribution in [0, 0.1) is 23.0 Å². The number of ether oxygens (including phenoxy) is 1. The molecule has 2 aromatic rings. The molecule has 1 amide bonds. The summed E-state index contributed by atoms with van der Waals surface area (Å²) < 4.78 is 31.1. The van der Waals surface area contributed by atoms with E-state index in [1.807, 2.05) is 0 Å². The summed E-state index contributed by atoms with van der Waals surface area (Å²) in [5.74, 6) is -3.45. The Morgan fingerprint density at radius 2 is 1.85 bits per heavy atom. The van der Waals surface area contributed by atoms with Gasteiger partial charge in [-0.1, -0.05) is 6.42 Å². The molecule has 0 radical (unpaired) electrons. The molecular weight excluding hydrogens is 374 g/mol. The van der Waals surface area contributed by atoms with Crippen molar-refractivity contribution in [2.24, 2.45) is 0 Å². The first-order chi connectivity index (χ1) is 13.0. The van der Waals surface area contributed by atoms with Crippen molar-refractivity contribution < 1.29 is 23.1 Å². The number of carbonyl (C=O) groups excluding carboxylic acids is 2. The van der Waals surface area contributed by atoms with Gasteiger partial charge in [0.2, 0.25) is 0 Å². The summed E-state index contributed by atoms with van der Waals surface area (Å²) in [6, 6.07) is 4.43. The van der Waals surface area contributed by atoms with Crippen molar-refractivity contribution in [3.63, 3.8) is 0 Å². The Morgan fingerprint density at radius 3 is 2.56 bits per heavy atom. The summed E-state index contributed by atoms with van der Waals surface area (Å²) in [5, 5.41) is 12.5. The van der Waals surface area contributed by atoms with Crippen LogP contribution in [-0.2, 0) is 22.4 Å². The molecule has 3 rings (SSSR count). The number of benzene rings is 1. The van der Waals surface area contributed by atoms with Crippen LogP contribution in [-0.4, -0.2) is 18.5 Å². The van der Waals surface area contributed by atoms with E-state index in [1.165, 1.54) is 11.3 Å². The maximum absolute atomic E-state index is 13.1. The number of thiophene rings is 1. The minimum absolute atomic E-state index is 0.319. The fourth-order valence-corrected chi connectivity index (χ4v) is 4.25. The normalized spacial score (nSPS) is 13.2. The molecular formula is C19H16F2N2O3S. The van der Waals surface area contributed by atoms with Crippen molar-refractivity contribution >= 4 is 28.2 Å². The van der Waals surface area contributed by atoms with Crippen LogP contribution in [0.5, 0.6) is 0 Å². The van der Waals surface area contributed by atoms with Gasteiger partial charge in [0.25, 0.3) is 5.91 Å². The molecule has 1 aliphatic rings. The summed E-state index contributed by atoms with van der Waals surface area (Å²) in [6.07, 6.45) is 4.86. The van der Waals surface area contributed by atoms with E-state index in [2.05, 4.69) is 11.4 Å². The van der Waals surface area contributed by atoms with Crippen LogP contribution < -0.4 is 5.32 Å². The number of aryl methyl sites for hydroxylation is 1. The lowest BCUT2D eigenvalue weighted by molar-refractivity contribution is -0.119. The predicted octanol–water partition coefficient (Wildman–Crippen LogP) is 3.96. The highest BCUT2D eigenvalue weighted by molar-refractivity contribution is 7.16. The number of rotatable bonds is 4. The Bertz CT molecular complexity index is 914. The van der Waals surface area contributed by atoms with Gasteiger partial charge in [-0.3, -0.25) is 4.79 Å². The first-order valence-corrected chi connectivity index (χ1v) is 9.27. The number of nitrogens with zero attached hydrogens (tertiary/aromatic N) is 1. The monoisotopic (exact) mass is 390 g/mol. The van der Waals surface area contributed by atoms with Crippen molar-refractivity contribution in [2.45, 2.75) is 32.1 Å². The van der Waals surface area contributed by atoms with Crippen LogP contribution in [0.4, 0.5) is 13.8 Å². The quantitative estimate of drug-likeness (QED) is 0.633. The fourth-order valence-electron chi connectivity index (χ4n) is 3.00. The number of hydrogen-bond donors (Lipinski definition) is 1. The minimum atomic E-state index is -1.01. The van der Waals surface area contributed by atoms with Crippen molar-refractivity contribution in [2.75, 3.05) is 11.9 Å². The summed E-state index contributed by atoms with van der Waals surface area (Å²) in [7, 11) is 0. The zero-order valence-corrected chi connectivity index (χ0v) is 15.1. The molecule has 0 atom stereocenters. The number of fused-ring (bicyclic) bond motifs is 1. The average molecular weight is 390 g/mol. The number of esters is 1. The third-order valence-electron chi connectivity index (χ3n) is 4.22. The molecule has 0 saturated carbocycles. The largest absolute Gasteiger partial charge is 0.452 e. The van der Waals surface area contributed by atoms with Crippen LogP contribution in [0.15, 0.2) is 18.2 Å². The SMILES string of the molecule is N#Cc1c(NC(=O)COC(=O)c2cc(F)cc(F)c2)sc2c1CCCCC2. The Labute approximate surface area is 158 Å². The Morgan fingerprint density at radius 1 is 1.15 bits per heavy atom. The van der Waals surface area contributed by atoms with E-state index in [1.54, 1.807) is 0 Å². The van der Waals surface area contributed by atoms with E-state index >= 15 is 0 Å². The summed E-state index contributed by atoms with van der Waals surface area (Å²) in [5.41, 5.74) is 1.13. The Kier molecular flexibility index (Phi) is 5.81. The molecule has 1 aliphatic carbocycles. The highest BCUT2D eigenvalue weighted by Gasteiger charge is 2.21. The van der Waals surface area contributed by atoms with Crippen molar-refractivity contribution in [1.29, 1.82) is 5.26 Å². The zero-order valence-electron chi connectivity index (χ0n) is 14.3. The number of carbonyl (C=O) groups is 2. The maximum atomic E-state index is 13.1. The fraction of sp³-hybridized carbons (Fsp3) is 0.316. The minimum Gasteiger partial charge on any atom is -0.452 e. The maximum Gasteiger partial charge on any atom is 0.338 e. The first kappa shape index (κ1) is 19.0. The molecule has 140 valence electrons. The van der Waals surface area contributed by atoms with Crippen molar-refractivity contribution in [3.8, 4) is 6.07 Å². The molecule has 1 N–H and O–H groups in total. The summed E-state index contributed by atoms with van der Waals surface area (Å²) in [6.45, 7) is -0.621. The Hall–Kier alpha value is -2.79. The molecule has 5 nitrogen and oxygen atoms in total. The van der Waals surface area contributed by atoms with Crippen LogP contribution >= 0.6 is 11.3 Å². The number of anilines is 1. The van der Waals surface area contributed by atoms with Gasteiger partial charge in [0.15, 0.2) is 6.61 Å². The smallest absolute Gasteiger partial charge is 0.338 e. The van der Waals surface area contributed by atoms with E-state index in [0.717, 1.165) is 54.7 Å². The van der Waals surface area contributed by atoms with Gasteiger partial charge >= 0.3 is 5.97 Å². The summed E-state index contributed by atoms with van der Waals surface area (Å²) >= 11 is 1.37. The number of nitrogens with one attached hydrogen (secondary N) is 1. The second-order valence-corrected chi connectivity index (χ2v) is 7.27. The van der Waals surface area contributed by atoms with Gasteiger partial charge in [0.1, 0.15) is 22.7 Å².